The lowest BCUT2D eigenvalue weighted by atomic mass is 10.0. The Balaban J connectivity index is 1.19. The van der Waals surface area contributed by atoms with Gasteiger partial charge >= 0.3 is 0 Å². The molecule has 5 nitrogen and oxygen atoms in total. The van der Waals surface area contributed by atoms with Crippen LogP contribution in [0, 0.1) is 5.92 Å². The maximum atomic E-state index is 12.7. The van der Waals surface area contributed by atoms with Crippen molar-refractivity contribution in [1.29, 1.82) is 0 Å². The van der Waals surface area contributed by atoms with Gasteiger partial charge in [0.15, 0.2) is 0 Å². The molecule has 1 heterocycles. The molecule has 2 aromatic rings. The Labute approximate surface area is 256 Å². The van der Waals surface area contributed by atoms with Gasteiger partial charge < -0.3 is 15.0 Å². The van der Waals surface area contributed by atoms with Crippen LogP contribution in [0.4, 0.5) is 5.69 Å². The van der Waals surface area contributed by atoms with Gasteiger partial charge in [-0.25, -0.2) is 0 Å². The molecular formula is C35H51BrN2O3. The predicted octanol–water partition coefficient (Wildman–Crippen LogP) is 9.97. The van der Waals surface area contributed by atoms with E-state index in [1.165, 1.54) is 89.9 Å². The van der Waals surface area contributed by atoms with Crippen LogP contribution in [0.15, 0.2) is 53.0 Å². The van der Waals surface area contributed by atoms with Gasteiger partial charge in [-0.2, -0.15) is 0 Å². The summed E-state index contributed by atoms with van der Waals surface area (Å²) < 4.78 is 6.87. The summed E-state index contributed by atoms with van der Waals surface area (Å²) in [6, 6.07) is 15.1. The number of carbonyl (C=O) groups excluding carboxylic acids is 2. The van der Waals surface area contributed by atoms with Crippen molar-refractivity contribution in [2.24, 2.45) is 5.92 Å². The molecule has 226 valence electrons. The Morgan fingerprint density at radius 3 is 1.73 bits per heavy atom. The summed E-state index contributed by atoms with van der Waals surface area (Å²) in [6.07, 6.45) is 21.7. The Kier molecular flexibility index (Phi) is 16.0. The molecule has 0 aliphatic carbocycles. The zero-order valence-electron chi connectivity index (χ0n) is 25.2. The number of rotatable bonds is 21. The minimum atomic E-state index is -0.290. The average Bonchev–Trinajstić information content (AvgIpc) is 3.37. The SMILES string of the molecule is CCCCCCCCCCCCCCCCCCNC(=O)C1CC(=O)N(c2ccc(Oc3ccc(Br)cc3)cc2)C1. The van der Waals surface area contributed by atoms with E-state index in [4.69, 9.17) is 4.74 Å². The van der Waals surface area contributed by atoms with E-state index in [9.17, 15) is 9.59 Å². The van der Waals surface area contributed by atoms with Gasteiger partial charge in [-0.15, -0.1) is 0 Å². The summed E-state index contributed by atoms with van der Waals surface area (Å²) >= 11 is 3.42. The molecule has 0 saturated carbocycles. The normalized spacial score (nSPS) is 14.9. The summed E-state index contributed by atoms with van der Waals surface area (Å²) in [5.41, 5.74) is 0.797. The van der Waals surface area contributed by atoms with Crippen LogP contribution >= 0.6 is 15.9 Å². The van der Waals surface area contributed by atoms with Crippen LogP contribution in [-0.4, -0.2) is 24.9 Å². The van der Waals surface area contributed by atoms with Crippen molar-refractivity contribution < 1.29 is 14.3 Å². The molecule has 41 heavy (non-hydrogen) atoms. The van der Waals surface area contributed by atoms with Crippen LogP contribution in [0.25, 0.3) is 0 Å². The lowest BCUT2D eigenvalue weighted by molar-refractivity contribution is -0.126. The number of anilines is 1. The highest BCUT2D eigenvalue weighted by Crippen LogP contribution is 2.29. The second-order valence-electron chi connectivity index (χ2n) is 11.5. The van der Waals surface area contributed by atoms with Gasteiger partial charge in [-0.3, -0.25) is 9.59 Å². The first-order valence-electron chi connectivity index (χ1n) is 16.2. The minimum absolute atomic E-state index is 0.00278. The van der Waals surface area contributed by atoms with E-state index in [2.05, 4.69) is 28.2 Å². The number of benzene rings is 2. The zero-order chi connectivity index (χ0) is 29.1. The lowest BCUT2D eigenvalue weighted by Crippen LogP contribution is -2.33. The number of hydrogen-bond acceptors (Lipinski definition) is 3. The Morgan fingerprint density at radius 1 is 0.756 bits per heavy atom. The average molecular weight is 628 g/mol. The fourth-order valence-electron chi connectivity index (χ4n) is 5.49. The highest BCUT2D eigenvalue weighted by molar-refractivity contribution is 9.10. The number of carbonyl (C=O) groups is 2. The lowest BCUT2D eigenvalue weighted by Gasteiger charge is -2.17. The quantitative estimate of drug-likeness (QED) is 0.140. The summed E-state index contributed by atoms with van der Waals surface area (Å²) in [5, 5.41) is 3.07. The highest BCUT2D eigenvalue weighted by Gasteiger charge is 2.34. The first-order chi connectivity index (χ1) is 20.1. The zero-order valence-corrected chi connectivity index (χ0v) is 26.8. The van der Waals surface area contributed by atoms with Crippen molar-refractivity contribution >= 4 is 33.4 Å². The summed E-state index contributed by atoms with van der Waals surface area (Å²) in [6.45, 7) is 3.40. The van der Waals surface area contributed by atoms with Gasteiger partial charge in [0.1, 0.15) is 11.5 Å². The maximum Gasteiger partial charge on any atom is 0.227 e. The van der Waals surface area contributed by atoms with E-state index in [1.54, 1.807) is 4.90 Å². The third-order valence-electron chi connectivity index (χ3n) is 8.02. The molecule has 2 aromatic carbocycles. The number of nitrogens with zero attached hydrogens (tertiary/aromatic N) is 1. The molecule has 3 rings (SSSR count). The van der Waals surface area contributed by atoms with E-state index >= 15 is 0 Å². The third-order valence-corrected chi connectivity index (χ3v) is 8.55. The van der Waals surface area contributed by atoms with Crippen molar-refractivity contribution in [1.82, 2.24) is 5.32 Å². The molecule has 1 fully saturated rings. The number of hydrogen-bond donors (Lipinski definition) is 1. The summed E-state index contributed by atoms with van der Waals surface area (Å²) in [7, 11) is 0. The van der Waals surface area contributed by atoms with Gasteiger partial charge in [0.25, 0.3) is 0 Å². The van der Waals surface area contributed by atoms with Crippen molar-refractivity contribution in [3.63, 3.8) is 0 Å². The van der Waals surface area contributed by atoms with Gasteiger partial charge in [-0.05, 0) is 55.0 Å². The van der Waals surface area contributed by atoms with E-state index in [0.717, 1.165) is 28.8 Å². The molecule has 0 spiro atoms. The maximum absolute atomic E-state index is 12.7. The molecule has 1 aliphatic heterocycles. The molecule has 1 N–H and O–H groups in total. The van der Waals surface area contributed by atoms with E-state index < -0.39 is 0 Å². The number of nitrogens with one attached hydrogen (secondary N) is 1. The standard InChI is InChI=1S/C35H51BrN2O3/c1-2-3-4-5-6-7-8-9-10-11-12-13-14-15-16-17-26-37-35(40)29-27-34(39)38(28-29)31-20-24-33(25-21-31)41-32-22-18-30(36)19-23-32/h18-25,29H,2-17,26-28H2,1H3,(H,37,40). The van der Waals surface area contributed by atoms with E-state index in [1.807, 2.05) is 48.5 Å². The number of amides is 2. The van der Waals surface area contributed by atoms with Gasteiger partial charge in [0.05, 0.1) is 5.92 Å². The molecule has 0 aromatic heterocycles. The van der Waals surface area contributed by atoms with Crippen LogP contribution < -0.4 is 15.0 Å². The second kappa shape index (κ2) is 19.7. The number of halogens is 1. The smallest absolute Gasteiger partial charge is 0.227 e. The van der Waals surface area contributed by atoms with Crippen molar-refractivity contribution in [2.75, 3.05) is 18.0 Å². The highest BCUT2D eigenvalue weighted by atomic mass is 79.9. The van der Waals surface area contributed by atoms with Crippen LogP contribution in [0.1, 0.15) is 116 Å². The Bertz CT molecular complexity index is 1010. The van der Waals surface area contributed by atoms with Crippen LogP contribution in [0.3, 0.4) is 0 Å². The molecule has 1 atom stereocenters. The second-order valence-corrected chi connectivity index (χ2v) is 12.5. The Hall–Kier alpha value is -2.34. The fraction of sp³-hybridized carbons (Fsp3) is 0.600. The van der Waals surface area contributed by atoms with Crippen molar-refractivity contribution in [2.45, 2.75) is 116 Å². The molecule has 0 bridgehead atoms. The summed E-state index contributed by atoms with van der Waals surface area (Å²) in [5.74, 6) is 1.16. The molecule has 0 radical (unpaired) electrons. The first kappa shape index (κ1) is 33.2. The molecule has 1 aliphatic rings. The monoisotopic (exact) mass is 626 g/mol. The molecule has 2 amide bonds. The van der Waals surface area contributed by atoms with Crippen molar-refractivity contribution in [3.8, 4) is 11.5 Å². The third kappa shape index (κ3) is 13.0. The Morgan fingerprint density at radius 2 is 1.22 bits per heavy atom. The fourth-order valence-corrected chi connectivity index (χ4v) is 5.76. The van der Waals surface area contributed by atoms with E-state index in [0.29, 0.717) is 18.8 Å². The van der Waals surface area contributed by atoms with Gasteiger partial charge in [0.2, 0.25) is 11.8 Å². The molecular weight excluding hydrogens is 576 g/mol. The largest absolute Gasteiger partial charge is 0.457 e. The van der Waals surface area contributed by atoms with Crippen LogP contribution in [0.5, 0.6) is 11.5 Å². The van der Waals surface area contributed by atoms with Gasteiger partial charge in [0, 0.05) is 29.7 Å². The summed E-state index contributed by atoms with van der Waals surface area (Å²) in [4.78, 5) is 27.0. The van der Waals surface area contributed by atoms with Crippen molar-refractivity contribution in [3.05, 3.63) is 53.0 Å². The molecule has 6 heteroatoms. The number of ether oxygens (including phenoxy) is 1. The topological polar surface area (TPSA) is 58.6 Å². The van der Waals surface area contributed by atoms with E-state index in [-0.39, 0.29) is 24.2 Å². The van der Waals surface area contributed by atoms with Gasteiger partial charge in [-0.1, -0.05) is 119 Å². The minimum Gasteiger partial charge on any atom is -0.457 e. The number of unbranched alkanes of at least 4 members (excludes halogenated alkanes) is 15. The predicted molar refractivity (Wildman–Crippen MR) is 174 cm³/mol. The van der Waals surface area contributed by atoms with Crippen LogP contribution in [0.2, 0.25) is 0 Å². The molecule has 1 saturated heterocycles. The first-order valence-corrected chi connectivity index (χ1v) is 17.0. The van der Waals surface area contributed by atoms with Crippen LogP contribution in [-0.2, 0) is 9.59 Å². The molecule has 1 unspecified atom stereocenters.